The van der Waals surface area contributed by atoms with Gasteiger partial charge < -0.3 is 15.6 Å². The smallest absolute Gasteiger partial charge is 0.272 e. The van der Waals surface area contributed by atoms with Crippen LogP contribution in [0.1, 0.15) is 62.9 Å². The highest BCUT2D eigenvalue weighted by Crippen LogP contribution is 2.35. The number of oxime groups is 1. The number of sulfonamides is 1. The molecule has 0 spiro atoms. The molecule has 1 saturated heterocycles. The Morgan fingerprint density at radius 1 is 1.21 bits per heavy atom. The quantitative estimate of drug-likeness (QED) is 0.159. The molecule has 2 aliphatic rings. The molecule has 232 valence electrons. The van der Waals surface area contributed by atoms with E-state index in [1.54, 1.807) is 6.07 Å². The number of para-hydroxylation sites is 2. The Kier molecular flexibility index (Phi) is 11.2. The number of aromatic nitrogens is 2. The molecule has 0 bridgehead atoms. The van der Waals surface area contributed by atoms with Crippen LogP contribution in [0, 0.1) is 23.7 Å². The minimum Gasteiger partial charge on any atom is -0.411 e. The van der Waals surface area contributed by atoms with Crippen LogP contribution in [0.25, 0.3) is 11.0 Å². The van der Waals surface area contributed by atoms with Crippen molar-refractivity contribution < 1.29 is 28.3 Å². The Morgan fingerprint density at radius 2 is 1.98 bits per heavy atom. The topological polar surface area (TPSA) is 162 Å². The molecular formula is C31H41N5O6S. The van der Waals surface area contributed by atoms with Crippen molar-refractivity contribution in [1.82, 2.24) is 19.6 Å². The van der Waals surface area contributed by atoms with Gasteiger partial charge in [-0.05, 0) is 80.6 Å². The highest BCUT2D eigenvalue weighted by Gasteiger charge is 2.39. The summed E-state index contributed by atoms with van der Waals surface area (Å²) in [7, 11) is -3.71. The van der Waals surface area contributed by atoms with Crippen LogP contribution in [0.15, 0.2) is 59.3 Å². The fourth-order valence-corrected chi connectivity index (χ4v) is 7.37. The van der Waals surface area contributed by atoms with E-state index in [9.17, 15) is 23.1 Å². The molecule has 1 aliphatic carbocycles. The van der Waals surface area contributed by atoms with Crippen molar-refractivity contribution in [2.24, 2.45) is 28.8 Å². The lowest BCUT2D eigenvalue weighted by Crippen LogP contribution is -2.49. The number of benzene rings is 1. The van der Waals surface area contributed by atoms with Gasteiger partial charge in [0.2, 0.25) is 10.0 Å². The first-order chi connectivity index (χ1) is 20.6. The zero-order valence-electron chi connectivity index (χ0n) is 24.6. The molecule has 1 saturated carbocycles. The van der Waals surface area contributed by atoms with Crippen LogP contribution in [-0.2, 0) is 14.8 Å². The number of amides is 1. The van der Waals surface area contributed by atoms with E-state index in [0.29, 0.717) is 49.7 Å². The van der Waals surface area contributed by atoms with Crippen LogP contribution < -0.4 is 5.32 Å². The van der Waals surface area contributed by atoms with E-state index in [1.807, 2.05) is 25.1 Å². The Morgan fingerprint density at radius 3 is 2.74 bits per heavy atom. The van der Waals surface area contributed by atoms with Crippen molar-refractivity contribution >= 4 is 39.0 Å². The molecule has 1 aromatic heterocycles. The summed E-state index contributed by atoms with van der Waals surface area (Å²) in [4.78, 5) is 35.3. The number of ketones is 1. The summed E-state index contributed by atoms with van der Waals surface area (Å²) in [6.07, 6.45) is 9.95. The van der Waals surface area contributed by atoms with Crippen LogP contribution in [0.2, 0.25) is 0 Å². The fraction of sp³-hybridized carbons (Fsp3) is 0.516. The van der Waals surface area contributed by atoms with Gasteiger partial charge in [0.25, 0.3) is 5.91 Å². The molecule has 1 aliphatic heterocycles. The number of hydrogen-bond donors (Lipinski definition) is 3. The van der Waals surface area contributed by atoms with Gasteiger partial charge in [0.1, 0.15) is 5.69 Å². The molecule has 1 aromatic carbocycles. The number of hydrogen-bond acceptors (Lipinski definition) is 9. The number of carbonyl (C=O) groups is 2. The molecule has 6 atom stereocenters. The minimum atomic E-state index is -3.71. The third-order valence-corrected chi connectivity index (χ3v) is 10.1. The van der Waals surface area contributed by atoms with E-state index in [4.69, 9.17) is 5.21 Å². The lowest BCUT2D eigenvalue weighted by Gasteiger charge is -2.36. The monoisotopic (exact) mass is 611 g/mol. The SMILES string of the molecule is CC1C[C@H](NC(=O)c2cnc3ccccc3n2)C(=O)[C@@H](C(C)CCC2CCCN(S(=O)(=O)/C=C/C=C\C=N\O)CC2O)C1. The number of aliphatic hydroxyl groups is 1. The molecule has 1 amide bonds. The third kappa shape index (κ3) is 8.55. The summed E-state index contributed by atoms with van der Waals surface area (Å²) in [5, 5.41) is 26.1. The van der Waals surface area contributed by atoms with Gasteiger partial charge in [0, 0.05) is 24.4 Å². The first-order valence-corrected chi connectivity index (χ1v) is 16.3. The van der Waals surface area contributed by atoms with Crippen LogP contribution in [0.3, 0.4) is 0 Å². The standard InChI is InChI=1S/C31H41N5O6S/c1-21-17-24(30(38)27(18-21)35-31(39)28-19-32-25-10-4-5-11-26(25)34-28)22(2)12-13-23-9-8-15-36(20-29(23)37)43(41,42)16-7-3-6-14-33-40/h3-7,10-11,14,16,19,21-24,27,29,37,40H,8-9,12-13,15,17-18,20H2,1-2H3,(H,35,39)/b6-3-,16-7+,33-14+/t21?,22?,23?,24-,27+,29?/m1/s1. The second-order valence-electron chi connectivity index (χ2n) is 11.8. The van der Waals surface area contributed by atoms with Gasteiger partial charge >= 0.3 is 0 Å². The van der Waals surface area contributed by atoms with Crippen LogP contribution in [-0.4, -0.2) is 76.1 Å². The van der Waals surface area contributed by atoms with Crippen molar-refractivity contribution in [2.45, 2.75) is 64.5 Å². The van der Waals surface area contributed by atoms with Crippen molar-refractivity contribution in [2.75, 3.05) is 13.1 Å². The number of nitrogens with zero attached hydrogens (tertiary/aromatic N) is 4. The van der Waals surface area contributed by atoms with Crippen molar-refractivity contribution in [3.63, 3.8) is 0 Å². The normalized spacial score (nSPS) is 26.8. The predicted molar refractivity (Wildman–Crippen MR) is 164 cm³/mol. The summed E-state index contributed by atoms with van der Waals surface area (Å²) in [6.45, 7) is 4.47. The minimum absolute atomic E-state index is 0.0126. The Bertz CT molecular complexity index is 1480. The molecule has 2 heterocycles. The van der Waals surface area contributed by atoms with Gasteiger partial charge in [-0.3, -0.25) is 14.6 Å². The number of carbonyl (C=O) groups excluding carboxylic acids is 2. The molecule has 2 fully saturated rings. The van der Waals surface area contributed by atoms with Gasteiger partial charge in [0.15, 0.2) is 5.78 Å². The average molecular weight is 612 g/mol. The lowest BCUT2D eigenvalue weighted by molar-refractivity contribution is -0.129. The van der Waals surface area contributed by atoms with Gasteiger partial charge in [-0.1, -0.05) is 37.2 Å². The maximum atomic E-state index is 13.6. The number of rotatable bonds is 10. The van der Waals surface area contributed by atoms with Gasteiger partial charge in [-0.2, -0.15) is 4.31 Å². The second-order valence-corrected chi connectivity index (χ2v) is 13.6. The van der Waals surface area contributed by atoms with E-state index in [1.165, 1.54) is 28.7 Å². The Balaban J connectivity index is 1.33. The highest BCUT2D eigenvalue weighted by molar-refractivity contribution is 7.92. The van der Waals surface area contributed by atoms with Crippen LogP contribution in [0.5, 0.6) is 0 Å². The summed E-state index contributed by atoms with van der Waals surface area (Å²) in [5.41, 5.74) is 1.49. The van der Waals surface area contributed by atoms with E-state index in [0.717, 1.165) is 18.0 Å². The summed E-state index contributed by atoms with van der Waals surface area (Å²) < 4.78 is 26.8. The van der Waals surface area contributed by atoms with Gasteiger partial charge in [-0.15, -0.1) is 0 Å². The molecule has 43 heavy (non-hydrogen) atoms. The molecule has 0 radical (unpaired) electrons. The number of nitrogens with one attached hydrogen (secondary N) is 1. The zero-order chi connectivity index (χ0) is 31.0. The molecule has 12 heteroatoms. The second kappa shape index (κ2) is 14.8. The molecule has 11 nitrogen and oxygen atoms in total. The molecule has 4 rings (SSSR count). The number of aliphatic hydroxyl groups excluding tert-OH is 1. The highest BCUT2D eigenvalue weighted by atomic mass is 32.2. The number of allylic oxidation sites excluding steroid dienone is 3. The van der Waals surface area contributed by atoms with E-state index >= 15 is 0 Å². The summed E-state index contributed by atoms with van der Waals surface area (Å²) in [5.74, 6) is -0.390. The summed E-state index contributed by atoms with van der Waals surface area (Å²) >= 11 is 0. The van der Waals surface area contributed by atoms with Crippen molar-refractivity contribution in [3.05, 3.63) is 59.8 Å². The molecule has 4 unspecified atom stereocenters. The van der Waals surface area contributed by atoms with Crippen molar-refractivity contribution in [1.29, 1.82) is 0 Å². The fourth-order valence-electron chi connectivity index (χ4n) is 6.16. The Hall–Kier alpha value is -3.48. The van der Waals surface area contributed by atoms with E-state index in [-0.39, 0.29) is 41.7 Å². The largest absolute Gasteiger partial charge is 0.411 e. The van der Waals surface area contributed by atoms with Gasteiger partial charge in [0.05, 0.1) is 35.6 Å². The van der Waals surface area contributed by atoms with Gasteiger partial charge in [-0.25, -0.2) is 13.4 Å². The first kappa shape index (κ1) is 32.4. The van der Waals surface area contributed by atoms with Crippen LogP contribution in [0.4, 0.5) is 0 Å². The van der Waals surface area contributed by atoms with Crippen molar-refractivity contribution in [3.8, 4) is 0 Å². The zero-order valence-corrected chi connectivity index (χ0v) is 25.4. The van der Waals surface area contributed by atoms with E-state index < -0.39 is 28.1 Å². The predicted octanol–water partition coefficient (Wildman–Crippen LogP) is 3.69. The Labute approximate surface area is 252 Å². The molecular weight excluding hydrogens is 570 g/mol. The summed E-state index contributed by atoms with van der Waals surface area (Å²) in [6, 6.07) is 6.70. The third-order valence-electron chi connectivity index (χ3n) is 8.57. The number of Topliss-reactive ketones (excluding diaryl/α,β-unsaturated/α-hetero) is 1. The number of β-amino-alcohol motifs (C(OH)–C–C–N with tert-alkyl or cyclic N) is 1. The molecule has 2 aromatic rings. The number of fused-ring (bicyclic) bond motifs is 1. The lowest BCUT2D eigenvalue weighted by atomic mass is 9.71. The first-order valence-electron chi connectivity index (χ1n) is 14.8. The van der Waals surface area contributed by atoms with E-state index in [2.05, 4.69) is 27.4 Å². The molecule has 3 N–H and O–H groups in total. The maximum Gasteiger partial charge on any atom is 0.272 e. The average Bonchev–Trinajstić information content (AvgIpc) is 3.18. The maximum absolute atomic E-state index is 13.6. The van der Waals surface area contributed by atoms with Crippen LogP contribution >= 0.6 is 0 Å².